The Hall–Kier alpha value is -1.87. The second-order valence-corrected chi connectivity index (χ2v) is 5.03. The topological polar surface area (TPSA) is 35.2 Å². The van der Waals surface area contributed by atoms with E-state index in [-0.39, 0.29) is 11.9 Å². The molecule has 0 aliphatic carbocycles. The molecule has 2 aromatic carbocycles. The maximum atomic E-state index is 13.6. The maximum Gasteiger partial charge on any atom is 0.132 e. The first-order chi connectivity index (χ1) is 9.51. The molecule has 2 N–H and O–H groups in total. The monoisotopic (exact) mass is 273 g/mol. The third-order valence-corrected chi connectivity index (χ3v) is 3.34. The lowest BCUT2D eigenvalue weighted by atomic mass is 10.0. The fourth-order valence-electron chi connectivity index (χ4n) is 2.03. The zero-order valence-corrected chi connectivity index (χ0v) is 12.1. The summed E-state index contributed by atoms with van der Waals surface area (Å²) < 4.78 is 19.5. The van der Waals surface area contributed by atoms with Crippen LogP contribution >= 0.6 is 0 Å². The van der Waals surface area contributed by atoms with Crippen LogP contribution in [0.2, 0.25) is 0 Å². The molecule has 0 saturated carbocycles. The van der Waals surface area contributed by atoms with E-state index in [1.807, 2.05) is 31.2 Å². The van der Waals surface area contributed by atoms with Crippen molar-refractivity contribution >= 4 is 0 Å². The lowest BCUT2D eigenvalue weighted by molar-refractivity contribution is 0.468. The summed E-state index contributed by atoms with van der Waals surface area (Å²) in [6.45, 7) is 5.64. The summed E-state index contributed by atoms with van der Waals surface area (Å²) >= 11 is 0. The lowest BCUT2D eigenvalue weighted by Crippen LogP contribution is -2.08. The Morgan fingerprint density at radius 1 is 1.20 bits per heavy atom. The van der Waals surface area contributed by atoms with Crippen LogP contribution in [0.25, 0.3) is 0 Å². The average Bonchev–Trinajstić information content (AvgIpc) is 2.43. The summed E-state index contributed by atoms with van der Waals surface area (Å²) in [7, 11) is 0. The van der Waals surface area contributed by atoms with E-state index in [2.05, 4.69) is 6.92 Å². The van der Waals surface area contributed by atoms with Crippen LogP contribution in [0, 0.1) is 12.7 Å². The number of aryl methyl sites for hydroxylation is 2. The van der Waals surface area contributed by atoms with Crippen molar-refractivity contribution in [2.45, 2.75) is 33.2 Å². The van der Waals surface area contributed by atoms with Crippen LogP contribution in [0.1, 0.15) is 36.6 Å². The predicted molar refractivity (Wildman–Crippen MR) is 79.6 cm³/mol. The highest BCUT2D eigenvalue weighted by molar-refractivity contribution is 5.43. The number of ether oxygens (including phenoxy) is 1. The van der Waals surface area contributed by atoms with Crippen molar-refractivity contribution in [1.29, 1.82) is 0 Å². The highest BCUT2D eigenvalue weighted by Gasteiger charge is 2.13. The van der Waals surface area contributed by atoms with Crippen molar-refractivity contribution in [2.75, 3.05) is 0 Å². The molecule has 1 unspecified atom stereocenters. The standard InChI is InChI=1S/C17H20FNO/c1-4-13-5-7-14(8-6-13)20-17-9-11(2)16(18)10-15(17)12(3)19/h5-10,12H,4,19H2,1-3H3. The third-order valence-electron chi connectivity index (χ3n) is 3.34. The Morgan fingerprint density at radius 3 is 2.40 bits per heavy atom. The van der Waals surface area contributed by atoms with Crippen LogP contribution < -0.4 is 10.5 Å². The average molecular weight is 273 g/mol. The minimum Gasteiger partial charge on any atom is -0.457 e. The molecule has 2 aromatic rings. The molecule has 0 fully saturated rings. The first-order valence-electron chi connectivity index (χ1n) is 6.83. The minimum atomic E-state index is -0.282. The van der Waals surface area contributed by atoms with Crippen LogP contribution in [0.3, 0.4) is 0 Å². The van der Waals surface area contributed by atoms with Gasteiger partial charge in [-0.05, 0) is 55.7 Å². The van der Waals surface area contributed by atoms with Crippen molar-refractivity contribution in [3.63, 3.8) is 0 Å². The van der Waals surface area contributed by atoms with E-state index in [9.17, 15) is 4.39 Å². The van der Waals surface area contributed by atoms with E-state index < -0.39 is 0 Å². The Balaban J connectivity index is 2.33. The molecule has 0 aliphatic rings. The summed E-state index contributed by atoms with van der Waals surface area (Å²) in [4.78, 5) is 0. The van der Waals surface area contributed by atoms with Crippen molar-refractivity contribution in [3.05, 3.63) is 58.9 Å². The third kappa shape index (κ3) is 3.17. The van der Waals surface area contributed by atoms with E-state index in [0.29, 0.717) is 16.9 Å². The molecule has 0 spiro atoms. The fourth-order valence-corrected chi connectivity index (χ4v) is 2.03. The summed E-state index contributed by atoms with van der Waals surface area (Å²) in [5.74, 6) is 1.09. The molecular weight excluding hydrogens is 253 g/mol. The van der Waals surface area contributed by atoms with Crippen LogP contribution in [0.5, 0.6) is 11.5 Å². The smallest absolute Gasteiger partial charge is 0.132 e. The molecule has 0 heterocycles. The fraction of sp³-hybridized carbons (Fsp3) is 0.294. The zero-order valence-electron chi connectivity index (χ0n) is 12.1. The Labute approximate surface area is 119 Å². The highest BCUT2D eigenvalue weighted by atomic mass is 19.1. The van der Waals surface area contributed by atoms with Crippen molar-refractivity contribution in [2.24, 2.45) is 5.73 Å². The van der Waals surface area contributed by atoms with Crippen molar-refractivity contribution in [3.8, 4) is 11.5 Å². The molecule has 0 aromatic heterocycles. The van der Waals surface area contributed by atoms with Crippen LogP contribution in [-0.2, 0) is 6.42 Å². The van der Waals surface area contributed by atoms with Crippen LogP contribution in [0.15, 0.2) is 36.4 Å². The van der Waals surface area contributed by atoms with Gasteiger partial charge in [0.05, 0.1) is 0 Å². The SMILES string of the molecule is CCc1ccc(Oc2cc(C)c(F)cc2C(C)N)cc1. The highest BCUT2D eigenvalue weighted by Crippen LogP contribution is 2.31. The van der Waals surface area contributed by atoms with E-state index in [1.54, 1.807) is 13.0 Å². The van der Waals surface area contributed by atoms with Gasteiger partial charge in [-0.25, -0.2) is 4.39 Å². The molecule has 1 atom stereocenters. The number of rotatable bonds is 4. The van der Waals surface area contributed by atoms with Gasteiger partial charge in [-0.1, -0.05) is 19.1 Å². The molecule has 20 heavy (non-hydrogen) atoms. The number of nitrogens with two attached hydrogens (primary N) is 1. The largest absolute Gasteiger partial charge is 0.457 e. The van der Waals surface area contributed by atoms with Gasteiger partial charge in [0.1, 0.15) is 17.3 Å². The van der Waals surface area contributed by atoms with E-state index in [0.717, 1.165) is 12.2 Å². The predicted octanol–water partition coefficient (Wildman–Crippen LogP) is 4.51. The zero-order chi connectivity index (χ0) is 14.7. The van der Waals surface area contributed by atoms with Gasteiger partial charge in [-0.2, -0.15) is 0 Å². The summed E-state index contributed by atoms with van der Waals surface area (Å²) in [6, 6.07) is 10.8. The number of benzene rings is 2. The van der Waals surface area contributed by atoms with Crippen LogP contribution in [0.4, 0.5) is 4.39 Å². The number of hydrogen-bond donors (Lipinski definition) is 1. The lowest BCUT2D eigenvalue weighted by Gasteiger charge is -2.15. The van der Waals surface area contributed by atoms with Gasteiger partial charge in [0.25, 0.3) is 0 Å². The Bertz CT molecular complexity index is 591. The molecule has 2 nitrogen and oxygen atoms in total. The molecule has 2 rings (SSSR count). The molecule has 3 heteroatoms. The molecule has 0 saturated heterocycles. The first kappa shape index (κ1) is 14.5. The second-order valence-electron chi connectivity index (χ2n) is 5.03. The quantitative estimate of drug-likeness (QED) is 0.889. The summed E-state index contributed by atoms with van der Waals surface area (Å²) in [5, 5.41) is 0. The molecule has 0 amide bonds. The first-order valence-corrected chi connectivity index (χ1v) is 6.83. The van der Waals surface area contributed by atoms with Gasteiger partial charge in [0, 0.05) is 11.6 Å². The van der Waals surface area contributed by atoms with Gasteiger partial charge >= 0.3 is 0 Å². The Kier molecular flexibility index (Phi) is 4.40. The molecule has 0 aliphatic heterocycles. The molecule has 0 bridgehead atoms. The number of hydrogen-bond acceptors (Lipinski definition) is 2. The van der Waals surface area contributed by atoms with Gasteiger partial charge in [0.2, 0.25) is 0 Å². The van der Waals surface area contributed by atoms with E-state index >= 15 is 0 Å². The number of halogens is 1. The maximum absolute atomic E-state index is 13.6. The van der Waals surface area contributed by atoms with Crippen LogP contribution in [-0.4, -0.2) is 0 Å². The van der Waals surface area contributed by atoms with Crippen molar-refractivity contribution < 1.29 is 9.13 Å². The van der Waals surface area contributed by atoms with Crippen molar-refractivity contribution in [1.82, 2.24) is 0 Å². The summed E-state index contributed by atoms with van der Waals surface area (Å²) in [6.07, 6.45) is 0.987. The second kappa shape index (κ2) is 6.06. The molecule has 106 valence electrons. The van der Waals surface area contributed by atoms with Gasteiger partial charge < -0.3 is 10.5 Å². The summed E-state index contributed by atoms with van der Waals surface area (Å²) in [5.41, 5.74) is 8.36. The van der Waals surface area contributed by atoms with Gasteiger partial charge in [0.15, 0.2) is 0 Å². The molecular formula is C17H20FNO. The van der Waals surface area contributed by atoms with E-state index in [1.165, 1.54) is 11.6 Å². The Morgan fingerprint density at radius 2 is 1.85 bits per heavy atom. The minimum absolute atomic E-state index is 0.258. The molecule has 0 radical (unpaired) electrons. The van der Waals surface area contributed by atoms with Gasteiger partial charge in [-0.3, -0.25) is 0 Å². The van der Waals surface area contributed by atoms with Gasteiger partial charge in [-0.15, -0.1) is 0 Å². The van der Waals surface area contributed by atoms with E-state index in [4.69, 9.17) is 10.5 Å². The normalized spacial score (nSPS) is 12.2.